The topological polar surface area (TPSA) is 0 Å². The summed E-state index contributed by atoms with van der Waals surface area (Å²) >= 11 is 0. The van der Waals surface area contributed by atoms with Crippen LogP contribution in [0.25, 0.3) is 89.0 Å². The highest BCUT2D eigenvalue weighted by molar-refractivity contribution is 5.99. The van der Waals surface area contributed by atoms with E-state index in [4.69, 9.17) is 0 Å². The van der Waals surface area contributed by atoms with Gasteiger partial charge in [-0.3, -0.25) is 0 Å². The van der Waals surface area contributed by atoms with Crippen molar-refractivity contribution in [2.24, 2.45) is 0 Å². The van der Waals surface area contributed by atoms with Crippen LogP contribution in [0.15, 0.2) is 255 Å². The van der Waals surface area contributed by atoms with E-state index in [1.54, 1.807) is 0 Å². The molecule has 14 rings (SSSR count). The van der Waals surface area contributed by atoms with Crippen LogP contribution in [0.2, 0.25) is 0 Å². The Kier molecular flexibility index (Phi) is 9.61. The summed E-state index contributed by atoms with van der Waals surface area (Å²) in [5.74, 6) is 0. The Morgan fingerprint density at radius 3 is 1.07 bits per heavy atom. The van der Waals surface area contributed by atoms with Crippen LogP contribution in [0.3, 0.4) is 0 Å². The van der Waals surface area contributed by atoms with Gasteiger partial charge in [0.25, 0.3) is 0 Å². The molecular formula is C73H54. The van der Waals surface area contributed by atoms with Crippen LogP contribution >= 0.6 is 0 Å². The number of hydrogen-bond acceptors (Lipinski definition) is 0. The van der Waals surface area contributed by atoms with Gasteiger partial charge in [-0.1, -0.05) is 258 Å². The third-order valence-electron chi connectivity index (χ3n) is 17.0. The van der Waals surface area contributed by atoms with Gasteiger partial charge in [0.15, 0.2) is 0 Å². The zero-order valence-electron chi connectivity index (χ0n) is 41.7. The lowest BCUT2D eigenvalue weighted by atomic mass is 9.66. The summed E-state index contributed by atoms with van der Waals surface area (Å²) in [5.41, 5.74) is 29.8. The molecule has 0 aliphatic heterocycles. The average Bonchev–Trinajstić information content (AvgIpc) is 3.98. The minimum Gasteiger partial charge on any atom is -0.0622 e. The van der Waals surface area contributed by atoms with Crippen LogP contribution in [-0.4, -0.2) is 0 Å². The molecule has 0 fully saturated rings. The third-order valence-corrected chi connectivity index (χ3v) is 17.0. The first-order valence-corrected chi connectivity index (χ1v) is 25.9. The first-order valence-electron chi connectivity index (χ1n) is 25.9. The summed E-state index contributed by atoms with van der Waals surface area (Å²) in [6.07, 6.45) is 0. The van der Waals surface area contributed by atoms with Crippen LogP contribution in [0.5, 0.6) is 0 Å². The predicted molar refractivity (Wildman–Crippen MR) is 306 cm³/mol. The maximum absolute atomic E-state index is 2.53. The summed E-state index contributed by atoms with van der Waals surface area (Å²) in [6.45, 7) is 9.52. The van der Waals surface area contributed by atoms with Gasteiger partial charge in [0, 0.05) is 10.8 Å². The van der Waals surface area contributed by atoms with Crippen LogP contribution in [0.1, 0.15) is 72.2 Å². The fourth-order valence-electron chi connectivity index (χ4n) is 13.5. The summed E-state index contributed by atoms with van der Waals surface area (Å²) in [4.78, 5) is 0. The van der Waals surface area contributed by atoms with Gasteiger partial charge in [0.2, 0.25) is 0 Å². The Labute approximate surface area is 430 Å². The minimum atomic E-state index is -0.723. The molecule has 3 aliphatic carbocycles. The van der Waals surface area contributed by atoms with Gasteiger partial charge in [0.05, 0.1) is 5.41 Å². The van der Waals surface area contributed by atoms with E-state index >= 15 is 0 Å². The van der Waals surface area contributed by atoms with E-state index in [1.807, 2.05) is 0 Å². The molecule has 0 heteroatoms. The van der Waals surface area contributed by atoms with Gasteiger partial charge in [-0.05, 0) is 158 Å². The zero-order valence-corrected chi connectivity index (χ0v) is 41.7. The Bertz CT molecular complexity index is 3860. The lowest BCUT2D eigenvalue weighted by Crippen LogP contribution is -2.29. The standard InChI is InChI=1S/C73H54/c1-71(2)62-36-13-11-31-59(62)68-57(33-18-38-64(68)71)52-27-16-29-54(44-52)73(55-30-17-28-53(45-55)58-34-19-39-65-69(58)60-32-12-14-37-63(60)72(65,3)4)66-40-20-35-56(51-26-15-25-49(43-51)47-21-7-5-8-22-47)70(66)61-42-41-50(46-67(61)73)48-23-9-6-10-24-48/h5-46H,1-4H3. The van der Waals surface area contributed by atoms with E-state index in [-0.39, 0.29) is 10.8 Å². The molecule has 346 valence electrons. The molecule has 11 aromatic rings. The highest BCUT2D eigenvalue weighted by Gasteiger charge is 2.48. The highest BCUT2D eigenvalue weighted by atomic mass is 14.5. The number of hydrogen-bond donors (Lipinski definition) is 0. The Morgan fingerprint density at radius 1 is 0.205 bits per heavy atom. The average molecular weight is 931 g/mol. The fraction of sp³-hybridized carbons (Fsp3) is 0.0959. The molecule has 73 heavy (non-hydrogen) atoms. The highest BCUT2D eigenvalue weighted by Crippen LogP contribution is 2.61. The number of fused-ring (bicyclic) bond motifs is 9. The lowest BCUT2D eigenvalue weighted by Gasteiger charge is -2.35. The quantitative estimate of drug-likeness (QED) is 0.149. The van der Waals surface area contributed by atoms with Crippen LogP contribution in [0.4, 0.5) is 0 Å². The van der Waals surface area contributed by atoms with Crippen LogP contribution in [0, 0.1) is 0 Å². The Morgan fingerprint density at radius 2 is 0.548 bits per heavy atom. The van der Waals surface area contributed by atoms with Gasteiger partial charge in [-0.25, -0.2) is 0 Å². The molecule has 0 spiro atoms. The normalized spacial score (nSPS) is 14.6. The molecule has 0 nitrogen and oxygen atoms in total. The summed E-state index contributed by atoms with van der Waals surface area (Å²) in [5, 5.41) is 0. The molecule has 3 aliphatic rings. The molecule has 11 aromatic carbocycles. The van der Waals surface area contributed by atoms with Crippen LogP contribution < -0.4 is 0 Å². The maximum Gasteiger partial charge on any atom is 0.0714 e. The van der Waals surface area contributed by atoms with Gasteiger partial charge in [0.1, 0.15) is 0 Å². The van der Waals surface area contributed by atoms with E-state index in [0.29, 0.717) is 0 Å². The smallest absolute Gasteiger partial charge is 0.0622 e. The Hall–Kier alpha value is -8.58. The molecule has 0 aromatic heterocycles. The molecular weight excluding hydrogens is 877 g/mol. The van der Waals surface area contributed by atoms with Gasteiger partial charge >= 0.3 is 0 Å². The summed E-state index contributed by atoms with van der Waals surface area (Å²) < 4.78 is 0. The van der Waals surface area contributed by atoms with E-state index in [9.17, 15) is 0 Å². The number of rotatable bonds is 7. The van der Waals surface area contributed by atoms with Gasteiger partial charge in [-0.2, -0.15) is 0 Å². The van der Waals surface area contributed by atoms with Gasteiger partial charge < -0.3 is 0 Å². The largest absolute Gasteiger partial charge is 0.0714 e. The molecule has 0 heterocycles. The summed E-state index contributed by atoms with van der Waals surface area (Å²) in [7, 11) is 0. The molecule has 0 unspecified atom stereocenters. The predicted octanol–water partition coefficient (Wildman–Crippen LogP) is 19.0. The van der Waals surface area contributed by atoms with Crippen molar-refractivity contribution >= 4 is 0 Å². The van der Waals surface area contributed by atoms with Gasteiger partial charge in [-0.15, -0.1) is 0 Å². The molecule has 0 atom stereocenters. The molecule has 0 saturated heterocycles. The van der Waals surface area contributed by atoms with E-state index in [1.165, 1.54) is 134 Å². The van der Waals surface area contributed by atoms with E-state index in [2.05, 4.69) is 282 Å². The van der Waals surface area contributed by atoms with Crippen molar-refractivity contribution in [1.29, 1.82) is 0 Å². The SMILES string of the molecule is CC1(C)c2ccccc2-c2c(-c3cccc(C4(c5cccc(-c6cccc7c6-c6ccccc6C7(C)C)c5)c5cc(-c6ccccc6)ccc5-c5c(-c6cccc(-c7ccccc7)c6)cccc54)c3)cccc21. The second-order valence-electron chi connectivity index (χ2n) is 21.5. The second-order valence-corrected chi connectivity index (χ2v) is 21.5. The molecule has 0 radical (unpaired) electrons. The minimum absolute atomic E-state index is 0.111. The van der Waals surface area contributed by atoms with Crippen molar-refractivity contribution in [2.45, 2.75) is 43.9 Å². The van der Waals surface area contributed by atoms with Crippen LogP contribution in [-0.2, 0) is 16.2 Å². The second kappa shape index (κ2) is 16.2. The van der Waals surface area contributed by atoms with Crippen molar-refractivity contribution in [3.8, 4) is 89.0 Å². The third kappa shape index (κ3) is 6.33. The molecule has 0 N–H and O–H groups in total. The fourth-order valence-corrected chi connectivity index (χ4v) is 13.5. The first-order chi connectivity index (χ1) is 35.7. The van der Waals surface area contributed by atoms with E-state index < -0.39 is 5.41 Å². The first kappa shape index (κ1) is 43.2. The number of benzene rings is 11. The maximum atomic E-state index is 2.53. The van der Waals surface area contributed by atoms with Crippen molar-refractivity contribution in [3.63, 3.8) is 0 Å². The van der Waals surface area contributed by atoms with Crippen molar-refractivity contribution in [2.75, 3.05) is 0 Å². The Balaban J connectivity index is 1.07. The van der Waals surface area contributed by atoms with E-state index in [0.717, 1.165) is 0 Å². The molecule has 0 saturated carbocycles. The monoisotopic (exact) mass is 930 g/mol. The molecule has 0 amide bonds. The van der Waals surface area contributed by atoms with Crippen molar-refractivity contribution < 1.29 is 0 Å². The molecule has 0 bridgehead atoms. The summed E-state index contributed by atoms with van der Waals surface area (Å²) in [6, 6.07) is 96.4. The van der Waals surface area contributed by atoms with Crippen molar-refractivity contribution in [1.82, 2.24) is 0 Å². The lowest BCUT2D eigenvalue weighted by molar-refractivity contribution is 0.660. The zero-order chi connectivity index (χ0) is 49.1. The van der Waals surface area contributed by atoms with Crippen molar-refractivity contribution in [3.05, 3.63) is 299 Å².